The summed E-state index contributed by atoms with van der Waals surface area (Å²) in [6, 6.07) is 23.8. The van der Waals surface area contributed by atoms with E-state index >= 15 is 0 Å². The summed E-state index contributed by atoms with van der Waals surface area (Å²) < 4.78 is 7.35. The maximum atomic E-state index is 11.7. The van der Waals surface area contributed by atoms with Crippen molar-refractivity contribution in [2.45, 2.75) is 33.8 Å². The summed E-state index contributed by atoms with van der Waals surface area (Å²) in [7, 11) is 0. The number of hydrogen-bond acceptors (Lipinski definition) is 3. The number of carbonyl (C=O) groups excluding carboxylic acids is 1. The zero-order valence-electron chi connectivity index (χ0n) is 19.7. The van der Waals surface area contributed by atoms with E-state index in [0.29, 0.717) is 0 Å². The number of nitrogen functional groups attached to an aromatic ring is 1. The standard InChI is InChI=1S/C15H16BrNO2.C10H8BrN.CH4.B.3HI.V/c1-15(2,3)19-14(18)17-13-7-5-10-8-12(16)6-4-11(10)9-13;11-9-3-1-8-6-10(12)4-2-7(8)5-9;;;;;;/h4-9H,1-3H3,(H,17,18);1-6H,12H2;1H4;;3*1H;/q;;;;;;;+3/p-3. The Morgan fingerprint density at radius 3 is 1.70 bits per heavy atom. The maximum absolute atomic E-state index is 11.7. The van der Waals surface area contributed by atoms with E-state index in [1.54, 1.807) is 0 Å². The second kappa shape index (κ2) is 17.9. The summed E-state index contributed by atoms with van der Waals surface area (Å²) in [6.07, 6.45) is -0.441. The quantitative estimate of drug-likeness (QED) is 0.113. The van der Waals surface area contributed by atoms with Gasteiger partial charge in [-0.3, -0.25) is 5.32 Å². The molecule has 0 saturated carbocycles. The number of hydrogen-bond donors (Lipinski definition) is 2. The Bertz CT molecular complexity index is 1260. The minimum atomic E-state index is -0.494. The molecule has 11 heteroatoms. The Morgan fingerprint density at radius 2 is 1.22 bits per heavy atom. The van der Waals surface area contributed by atoms with Crippen molar-refractivity contribution in [1.29, 1.82) is 0 Å². The van der Waals surface area contributed by atoms with Crippen molar-refractivity contribution in [2.24, 2.45) is 0 Å². The van der Waals surface area contributed by atoms with Crippen LogP contribution in [-0.4, -0.2) is 20.1 Å². The van der Waals surface area contributed by atoms with Crippen LogP contribution in [0.1, 0.15) is 28.2 Å². The zero-order chi connectivity index (χ0) is 26.2. The van der Waals surface area contributed by atoms with Crippen LogP contribution in [0, 0.1) is 0 Å². The Hall–Kier alpha value is 0.269. The molecule has 0 aliphatic rings. The summed E-state index contributed by atoms with van der Waals surface area (Å²) in [5.41, 5.74) is 6.69. The Kier molecular flexibility index (Phi) is 18.0. The van der Waals surface area contributed by atoms with Crippen LogP contribution in [0.4, 0.5) is 16.2 Å². The molecule has 0 aliphatic heterocycles. The molecular weight excluding hydrogens is 975 g/mol. The van der Waals surface area contributed by atoms with Crippen molar-refractivity contribution in [3.05, 3.63) is 81.7 Å². The summed E-state index contributed by atoms with van der Waals surface area (Å²) in [5.74, 6) is 0. The molecule has 3 radical (unpaired) electrons. The first kappa shape index (κ1) is 37.3. The minimum absolute atomic E-state index is 0. The molecule has 0 spiro atoms. The van der Waals surface area contributed by atoms with Gasteiger partial charge in [0, 0.05) is 28.7 Å². The van der Waals surface area contributed by atoms with Crippen molar-refractivity contribution in [3.63, 3.8) is 0 Å². The third-order valence-electron chi connectivity index (χ3n) is 4.27. The molecule has 0 unspecified atom stereocenters. The van der Waals surface area contributed by atoms with Gasteiger partial charge in [-0.15, -0.1) is 0 Å². The second-order valence-electron chi connectivity index (χ2n) is 8.28. The van der Waals surface area contributed by atoms with Crippen LogP contribution in [0.25, 0.3) is 21.5 Å². The topological polar surface area (TPSA) is 64.3 Å². The van der Waals surface area contributed by atoms with Gasteiger partial charge in [-0.2, -0.15) is 0 Å². The molecule has 3 N–H and O–H groups in total. The molecule has 0 aliphatic carbocycles. The Balaban J connectivity index is 0.000000620. The summed E-state index contributed by atoms with van der Waals surface area (Å²) in [5, 5.41) is 7.30. The summed E-state index contributed by atoms with van der Waals surface area (Å²) >= 11 is 14.2. The molecule has 4 nitrogen and oxygen atoms in total. The first-order chi connectivity index (χ1) is 16.3. The molecule has 37 heavy (non-hydrogen) atoms. The summed E-state index contributed by atoms with van der Waals surface area (Å²) in [4.78, 5) is 11.4. The predicted molar refractivity (Wildman–Crippen MR) is 192 cm³/mol. The number of nitrogens with one attached hydrogen (secondary N) is 1. The molecule has 0 heterocycles. The number of amides is 1. The molecule has 4 aromatic carbocycles. The van der Waals surface area contributed by atoms with Crippen LogP contribution < -0.4 is 11.1 Å². The van der Waals surface area contributed by atoms with Crippen LogP contribution in [0.5, 0.6) is 0 Å². The number of ether oxygens (including phenoxy) is 1. The number of anilines is 2. The third-order valence-corrected chi connectivity index (χ3v) is 5.26. The van der Waals surface area contributed by atoms with Crippen LogP contribution in [0.15, 0.2) is 81.7 Å². The van der Waals surface area contributed by atoms with E-state index in [2.05, 4.69) is 109 Å². The van der Waals surface area contributed by atoms with Crippen LogP contribution >= 0.6 is 91.8 Å². The van der Waals surface area contributed by atoms with E-state index in [4.69, 9.17) is 10.5 Å². The molecular formula is C26H28BBr2I3N2O2V. The fraction of sp³-hybridized carbons (Fsp3) is 0.192. The first-order valence-corrected chi connectivity index (χ1v) is 25.3. The molecule has 197 valence electrons. The van der Waals surface area contributed by atoms with Gasteiger partial charge >= 0.3 is 71.0 Å². The van der Waals surface area contributed by atoms with Gasteiger partial charge in [0.05, 0.1) is 0 Å². The van der Waals surface area contributed by atoms with E-state index in [-0.39, 0.29) is 20.8 Å². The summed E-state index contributed by atoms with van der Waals surface area (Å²) in [6.45, 7) is 5.51. The second-order valence-corrected chi connectivity index (χ2v) is 45.5. The van der Waals surface area contributed by atoms with Crippen molar-refractivity contribution in [1.82, 2.24) is 0 Å². The molecule has 0 saturated heterocycles. The van der Waals surface area contributed by atoms with Gasteiger partial charge in [0.25, 0.3) is 0 Å². The number of fused-ring (bicyclic) bond motifs is 2. The van der Waals surface area contributed by atoms with Gasteiger partial charge in [0.1, 0.15) is 5.60 Å². The normalized spacial score (nSPS) is 10.2. The molecule has 0 fully saturated rings. The molecule has 0 aromatic heterocycles. The van der Waals surface area contributed by atoms with Gasteiger partial charge in [-0.05, 0) is 90.8 Å². The van der Waals surface area contributed by atoms with Crippen molar-refractivity contribution in [3.8, 4) is 0 Å². The Morgan fingerprint density at radius 1 is 0.811 bits per heavy atom. The molecule has 4 aromatic rings. The van der Waals surface area contributed by atoms with Gasteiger partial charge in [0.15, 0.2) is 0 Å². The van der Waals surface area contributed by atoms with Gasteiger partial charge in [0.2, 0.25) is 0 Å². The van der Waals surface area contributed by atoms with Gasteiger partial charge < -0.3 is 10.5 Å². The average Bonchev–Trinajstić information content (AvgIpc) is 2.73. The van der Waals surface area contributed by atoms with E-state index in [1.807, 2.05) is 81.4 Å². The fourth-order valence-corrected chi connectivity index (χ4v) is 3.71. The van der Waals surface area contributed by atoms with E-state index in [9.17, 15) is 4.79 Å². The van der Waals surface area contributed by atoms with Crippen molar-refractivity contribution in [2.75, 3.05) is 11.1 Å². The van der Waals surface area contributed by atoms with Crippen molar-refractivity contribution < 1.29 is 14.5 Å². The van der Waals surface area contributed by atoms with E-state index in [0.717, 1.165) is 31.1 Å². The number of benzene rings is 4. The number of halogens is 5. The predicted octanol–water partition coefficient (Wildman–Crippen LogP) is 11.0. The van der Waals surface area contributed by atoms with Crippen LogP contribution in [-0.2, 0) is 9.66 Å². The monoisotopic (exact) mass is 1000 g/mol. The number of rotatable bonds is 1. The average molecular weight is 1000 g/mol. The molecule has 1 amide bonds. The van der Waals surface area contributed by atoms with E-state index in [1.165, 1.54) is 10.8 Å². The van der Waals surface area contributed by atoms with Crippen LogP contribution in [0.3, 0.4) is 0 Å². The van der Waals surface area contributed by atoms with Crippen LogP contribution in [0.2, 0.25) is 0 Å². The fourth-order valence-electron chi connectivity index (χ4n) is 2.95. The first-order valence-electron chi connectivity index (χ1n) is 10.2. The SMILES string of the molecule is C.CC(C)(C)OC(=O)Nc1ccc2cc(Br)ccc2c1.Nc1ccc2cc(Br)ccc2c1.[B].[I][V]([I])[I]. The van der Waals surface area contributed by atoms with Gasteiger partial charge in [-0.1, -0.05) is 63.6 Å². The number of nitrogens with two attached hydrogens (primary N) is 1. The molecule has 0 bridgehead atoms. The van der Waals surface area contributed by atoms with E-state index < -0.39 is 11.7 Å². The van der Waals surface area contributed by atoms with Crippen molar-refractivity contribution >= 4 is 139 Å². The zero-order valence-corrected chi connectivity index (χ0v) is 30.8. The number of carbonyl (C=O) groups is 1. The molecule has 0 atom stereocenters. The third kappa shape index (κ3) is 15.0. The Labute approximate surface area is 276 Å². The van der Waals surface area contributed by atoms with Gasteiger partial charge in [-0.25, -0.2) is 4.79 Å². The molecule has 4 rings (SSSR count).